The first-order valence-corrected chi connectivity index (χ1v) is 11.3. The van der Waals surface area contributed by atoms with Crippen LogP contribution in [0.4, 0.5) is 15.8 Å². The second kappa shape index (κ2) is 7.64. The molecule has 0 aromatic heterocycles. The van der Waals surface area contributed by atoms with Crippen molar-refractivity contribution in [3.63, 3.8) is 0 Å². The summed E-state index contributed by atoms with van der Waals surface area (Å²) in [6.45, 7) is 0. The van der Waals surface area contributed by atoms with Gasteiger partial charge in [0.1, 0.15) is 11.9 Å². The predicted molar refractivity (Wildman–Crippen MR) is 127 cm³/mol. The number of fused-ring (bicyclic) bond motifs is 5. The van der Waals surface area contributed by atoms with E-state index >= 15 is 0 Å². The Morgan fingerprint density at radius 1 is 0.824 bits per heavy atom. The van der Waals surface area contributed by atoms with Gasteiger partial charge in [-0.05, 0) is 48.0 Å². The maximum atomic E-state index is 14.6. The predicted octanol–water partition coefficient (Wildman–Crippen LogP) is 4.75. The van der Waals surface area contributed by atoms with Gasteiger partial charge in [0.05, 0.1) is 23.6 Å². The van der Waals surface area contributed by atoms with Crippen molar-refractivity contribution < 1.29 is 18.8 Å². The van der Waals surface area contributed by atoms with Crippen LogP contribution in [0.15, 0.2) is 78.9 Å². The number of rotatable bonds is 3. The molecule has 3 aromatic rings. The molecule has 34 heavy (non-hydrogen) atoms. The van der Waals surface area contributed by atoms with Crippen LogP contribution >= 0.6 is 11.6 Å². The first kappa shape index (κ1) is 20.8. The van der Waals surface area contributed by atoms with Crippen molar-refractivity contribution >= 4 is 46.6 Å². The van der Waals surface area contributed by atoms with Crippen LogP contribution in [0.25, 0.3) is 6.08 Å². The first-order chi connectivity index (χ1) is 16.5. The molecule has 3 aromatic carbocycles. The topological polar surface area (TPSA) is 57.7 Å². The molecule has 2 fully saturated rings. The molecular formula is C27H18ClFN2O3. The lowest BCUT2D eigenvalue weighted by Crippen LogP contribution is -2.49. The van der Waals surface area contributed by atoms with Crippen molar-refractivity contribution in [3.8, 4) is 0 Å². The summed E-state index contributed by atoms with van der Waals surface area (Å²) in [7, 11) is 0. The SMILES string of the molecule is O=C(c1ccc(Cl)cc1)[C@@H]1[C@@H]2C(=O)N(c3ccccc3F)C(=O)[C@@H]2[C@@H]2C=Cc3ccccc3N12. The molecule has 0 saturated carbocycles. The molecule has 6 rings (SSSR count). The average Bonchev–Trinajstić information content (AvgIpc) is 3.32. The highest BCUT2D eigenvalue weighted by molar-refractivity contribution is 6.30. The number of Topliss-reactive ketones (excluding diaryl/α,β-unsaturated/α-hetero) is 1. The van der Waals surface area contributed by atoms with E-state index in [1.807, 2.05) is 41.3 Å². The molecule has 0 radical (unpaired) electrons. The van der Waals surface area contributed by atoms with Gasteiger partial charge in [-0.3, -0.25) is 14.4 Å². The number of halogens is 2. The Balaban J connectivity index is 1.51. The number of anilines is 2. The molecule has 3 aliphatic rings. The van der Waals surface area contributed by atoms with Crippen molar-refractivity contribution in [2.24, 2.45) is 11.8 Å². The van der Waals surface area contributed by atoms with Crippen LogP contribution < -0.4 is 9.80 Å². The lowest BCUT2D eigenvalue weighted by molar-refractivity contribution is -0.122. The Bertz CT molecular complexity index is 1390. The molecule has 3 aliphatic heterocycles. The van der Waals surface area contributed by atoms with Gasteiger partial charge < -0.3 is 4.90 Å². The molecule has 0 bridgehead atoms. The Morgan fingerprint density at radius 3 is 2.21 bits per heavy atom. The van der Waals surface area contributed by atoms with Gasteiger partial charge in [-0.25, -0.2) is 9.29 Å². The lowest BCUT2D eigenvalue weighted by Gasteiger charge is -2.36. The van der Waals surface area contributed by atoms with E-state index in [0.29, 0.717) is 10.6 Å². The number of benzene rings is 3. The summed E-state index contributed by atoms with van der Waals surface area (Å²) >= 11 is 6.02. The van der Waals surface area contributed by atoms with Crippen molar-refractivity contribution in [1.29, 1.82) is 0 Å². The maximum Gasteiger partial charge on any atom is 0.240 e. The van der Waals surface area contributed by atoms with Crippen LogP contribution in [0, 0.1) is 17.7 Å². The number of amides is 2. The van der Waals surface area contributed by atoms with E-state index in [-0.39, 0.29) is 11.5 Å². The summed E-state index contributed by atoms with van der Waals surface area (Å²) in [5.74, 6) is -3.76. The smallest absolute Gasteiger partial charge is 0.240 e. The quantitative estimate of drug-likeness (QED) is 0.407. The van der Waals surface area contributed by atoms with E-state index in [4.69, 9.17) is 11.6 Å². The number of hydrogen-bond acceptors (Lipinski definition) is 4. The molecule has 5 nitrogen and oxygen atoms in total. The summed E-state index contributed by atoms with van der Waals surface area (Å²) in [6, 6.07) is 18.3. The Labute approximate surface area is 200 Å². The van der Waals surface area contributed by atoms with Crippen molar-refractivity contribution in [2.45, 2.75) is 12.1 Å². The van der Waals surface area contributed by atoms with Crippen LogP contribution in [0.5, 0.6) is 0 Å². The zero-order valence-corrected chi connectivity index (χ0v) is 18.5. The monoisotopic (exact) mass is 472 g/mol. The van der Waals surface area contributed by atoms with Crippen molar-refractivity contribution in [2.75, 3.05) is 9.80 Å². The Hall–Kier alpha value is -3.77. The normalized spacial score (nSPS) is 24.8. The van der Waals surface area contributed by atoms with E-state index in [1.165, 1.54) is 18.2 Å². The van der Waals surface area contributed by atoms with E-state index in [2.05, 4.69) is 0 Å². The fraction of sp³-hybridized carbons (Fsp3) is 0.148. The molecule has 3 heterocycles. The molecule has 0 spiro atoms. The van der Waals surface area contributed by atoms with Crippen LogP contribution in [-0.4, -0.2) is 29.7 Å². The van der Waals surface area contributed by atoms with E-state index in [0.717, 1.165) is 16.2 Å². The largest absolute Gasteiger partial charge is 0.352 e. The summed E-state index contributed by atoms with van der Waals surface area (Å²) in [4.78, 5) is 44.0. The number of nitrogens with zero attached hydrogens (tertiary/aromatic N) is 2. The minimum atomic E-state index is -0.948. The van der Waals surface area contributed by atoms with Crippen LogP contribution in [0.2, 0.25) is 5.02 Å². The third-order valence-corrected chi connectivity index (χ3v) is 7.16. The molecule has 168 valence electrons. The minimum absolute atomic E-state index is 0.0867. The lowest BCUT2D eigenvalue weighted by atomic mass is 9.86. The highest BCUT2D eigenvalue weighted by Gasteiger charge is 2.64. The number of para-hydroxylation sites is 2. The second-order valence-electron chi connectivity index (χ2n) is 8.65. The van der Waals surface area contributed by atoms with E-state index in [1.54, 1.807) is 30.3 Å². The summed E-state index contributed by atoms with van der Waals surface area (Å²) < 4.78 is 14.6. The zero-order valence-electron chi connectivity index (χ0n) is 17.8. The van der Waals surface area contributed by atoms with Gasteiger partial charge in [0, 0.05) is 16.3 Å². The second-order valence-corrected chi connectivity index (χ2v) is 9.08. The van der Waals surface area contributed by atoms with Gasteiger partial charge in [0.25, 0.3) is 0 Å². The van der Waals surface area contributed by atoms with Gasteiger partial charge in [0.15, 0.2) is 5.78 Å². The maximum absolute atomic E-state index is 14.6. The molecule has 0 aliphatic carbocycles. The summed E-state index contributed by atoms with van der Waals surface area (Å²) in [5.41, 5.74) is 2.00. The van der Waals surface area contributed by atoms with Gasteiger partial charge in [-0.15, -0.1) is 0 Å². The first-order valence-electron chi connectivity index (χ1n) is 10.9. The number of ketones is 1. The van der Waals surface area contributed by atoms with Gasteiger partial charge >= 0.3 is 0 Å². The van der Waals surface area contributed by atoms with Gasteiger partial charge in [0.2, 0.25) is 11.8 Å². The number of imide groups is 1. The van der Waals surface area contributed by atoms with Crippen LogP contribution in [0.1, 0.15) is 15.9 Å². The summed E-state index contributed by atoms with van der Waals surface area (Å²) in [6.07, 6.45) is 3.78. The molecule has 0 unspecified atom stereocenters. The molecular weight excluding hydrogens is 455 g/mol. The van der Waals surface area contributed by atoms with Crippen LogP contribution in [-0.2, 0) is 9.59 Å². The highest BCUT2D eigenvalue weighted by atomic mass is 35.5. The highest BCUT2D eigenvalue weighted by Crippen LogP contribution is 2.50. The Kier molecular flexibility index (Phi) is 4.67. The van der Waals surface area contributed by atoms with Crippen LogP contribution in [0.3, 0.4) is 0 Å². The minimum Gasteiger partial charge on any atom is -0.352 e. The van der Waals surface area contributed by atoms with Crippen molar-refractivity contribution in [1.82, 2.24) is 0 Å². The third-order valence-electron chi connectivity index (χ3n) is 6.91. The molecule has 4 atom stereocenters. The van der Waals surface area contributed by atoms with Gasteiger partial charge in [-0.2, -0.15) is 0 Å². The number of hydrogen-bond donors (Lipinski definition) is 0. The fourth-order valence-corrected chi connectivity index (χ4v) is 5.59. The number of carbonyl (C=O) groups excluding carboxylic acids is 3. The third kappa shape index (κ3) is 2.88. The van der Waals surface area contributed by atoms with E-state index < -0.39 is 41.6 Å². The Morgan fingerprint density at radius 2 is 1.47 bits per heavy atom. The standard InChI is InChI=1S/C27H18ClFN2O3/c28-17-12-9-16(10-13-17)25(32)24-23-22(21-14-11-15-5-1-3-7-19(15)30(21)24)26(33)31(27(23)34)20-8-4-2-6-18(20)29/h1-14,21-24H/t21-,22+,23+,24-/m0/s1. The number of carbonyl (C=O) groups is 3. The van der Waals surface area contributed by atoms with Gasteiger partial charge in [-0.1, -0.05) is 54.1 Å². The fourth-order valence-electron chi connectivity index (χ4n) is 5.47. The molecule has 7 heteroatoms. The zero-order chi connectivity index (χ0) is 23.6. The average molecular weight is 473 g/mol. The summed E-state index contributed by atoms with van der Waals surface area (Å²) in [5, 5.41) is 0.489. The van der Waals surface area contributed by atoms with E-state index in [9.17, 15) is 18.8 Å². The molecule has 0 N–H and O–H groups in total. The van der Waals surface area contributed by atoms with Crippen molar-refractivity contribution in [3.05, 3.63) is 101 Å². The molecule has 2 saturated heterocycles. The molecule has 2 amide bonds.